The number of carbonyl (C=O) groups excluding carboxylic acids is 1. The topological polar surface area (TPSA) is 67.3 Å². The predicted molar refractivity (Wildman–Crippen MR) is 120 cm³/mol. The predicted octanol–water partition coefficient (Wildman–Crippen LogP) is 5.74. The van der Waals surface area contributed by atoms with E-state index >= 15 is 0 Å². The number of halogens is 3. The van der Waals surface area contributed by atoms with Gasteiger partial charge in [-0.2, -0.15) is 13.2 Å². The lowest BCUT2D eigenvalue weighted by Gasteiger charge is -2.24. The molecule has 0 aliphatic carbocycles. The highest BCUT2D eigenvalue weighted by Crippen LogP contribution is 2.34. The van der Waals surface area contributed by atoms with E-state index in [-0.39, 0.29) is 12.1 Å². The van der Waals surface area contributed by atoms with Crippen LogP contribution in [0.1, 0.15) is 32.8 Å². The molecule has 2 heterocycles. The summed E-state index contributed by atoms with van der Waals surface area (Å²) in [6.45, 7) is 6.54. The second kappa shape index (κ2) is 8.53. The van der Waals surface area contributed by atoms with Crippen LogP contribution in [0, 0.1) is 0 Å². The summed E-state index contributed by atoms with van der Waals surface area (Å²) in [6.07, 6.45) is -4.01. The van der Waals surface area contributed by atoms with Gasteiger partial charge in [0.25, 0.3) is 0 Å². The number of ether oxygens (including phenoxy) is 1. The monoisotopic (exact) mass is 458 g/mol. The van der Waals surface area contributed by atoms with Gasteiger partial charge in [-0.3, -0.25) is 0 Å². The van der Waals surface area contributed by atoms with E-state index in [1.54, 1.807) is 4.90 Å². The minimum absolute atomic E-state index is 0.0212. The van der Waals surface area contributed by atoms with Crippen LogP contribution in [0.15, 0.2) is 48.5 Å². The molecule has 1 N–H and O–H groups in total. The third-order valence-electron chi connectivity index (χ3n) is 5.35. The molecule has 0 bridgehead atoms. The molecule has 1 saturated heterocycles. The first-order chi connectivity index (χ1) is 15.5. The number of likely N-dealkylation sites (tertiary alicyclic amines) is 1. The molecule has 0 radical (unpaired) electrons. The lowest BCUT2D eigenvalue weighted by Crippen LogP contribution is -2.36. The third kappa shape index (κ3) is 5.18. The highest BCUT2D eigenvalue weighted by Gasteiger charge is 2.31. The number of alkyl halides is 3. The van der Waals surface area contributed by atoms with E-state index in [9.17, 15) is 18.0 Å². The lowest BCUT2D eigenvalue weighted by molar-refractivity contribution is -0.137. The number of anilines is 1. The fraction of sp³-hybridized carbons (Fsp3) is 0.375. The summed E-state index contributed by atoms with van der Waals surface area (Å²) in [6, 6.07) is 12.3. The Bertz CT molecular complexity index is 1160. The van der Waals surface area contributed by atoms with Crippen molar-refractivity contribution >= 4 is 22.7 Å². The SMILES string of the molecule is CC(C)(C)OC(=O)N1CC[C@@H](Nc2nnc(-c3ccc(C(F)(F)F)cc3)c3ccccc23)C1. The van der Waals surface area contributed by atoms with Crippen LogP contribution in [-0.2, 0) is 10.9 Å². The Kier molecular flexibility index (Phi) is 5.90. The molecule has 174 valence electrons. The number of nitrogens with zero attached hydrogens (tertiary/aromatic N) is 3. The van der Waals surface area contributed by atoms with Crippen molar-refractivity contribution in [2.24, 2.45) is 0 Å². The number of amides is 1. The van der Waals surface area contributed by atoms with E-state index < -0.39 is 17.3 Å². The maximum atomic E-state index is 12.9. The van der Waals surface area contributed by atoms with Crippen LogP contribution in [0.3, 0.4) is 0 Å². The van der Waals surface area contributed by atoms with Crippen molar-refractivity contribution in [1.82, 2.24) is 15.1 Å². The molecule has 3 aromatic rings. The first-order valence-corrected chi connectivity index (χ1v) is 10.7. The second-order valence-electron chi connectivity index (χ2n) is 9.07. The largest absolute Gasteiger partial charge is 0.444 e. The minimum atomic E-state index is -4.39. The molecule has 0 saturated carbocycles. The van der Waals surface area contributed by atoms with Gasteiger partial charge in [0, 0.05) is 35.5 Å². The van der Waals surface area contributed by atoms with Gasteiger partial charge >= 0.3 is 12.3 Å². The highest BCUT2D eigenvalue weighted by atomic mass is 19.4. The van der Waals surface area contributed by atoms with Gasteiger partial charge < -0.3 is 15.0 Å². The van der Waals surface area contributed by atoms with Gasteiger partial charge in [-0.25, -0.2) is 4.79 Å². The van der Waals surface area contributed by atoms with Crippen LogP contribution in [0.5, 0.6) is 0 Å². The van der Waals surface area contributed by atoms with Crippen molar-refractivity contribution in [3.8, 4) is 11.3 Å². The first-order valence-electron chi connectivity index (χ1n) is 10.7. The smallest absolute Gasteiger partial charge is 0.416 e. The Hall–Kier alpha value is -3.36. The first kappa shape index (κ1) is 22.8. The number of rotatable bonds is 3. The summed E-state index contributed by atoms with van der Waals surface area (Å²) >= 11 is 0. The lowest BCUT2D eigenvalue weighted by atomic mass is 10.0. The maximum absolute atomic E-state index is 12.9. The number of hydrogen-bond acceptors (Lipinski definition) is 5. The molecule has 1 aliphatic heterocycles. The molecule has 33 heavy (non-hydrogen) atoms. The quantitative estimate of drug-likeness (QED) is 0.542. The van der Waals surface area contributed by atoms with Gasteiger partial charge in [0.2, 0.25) is 0 Å². The Balaban J connectivity index is 1.56. The van der Waals surface area contributed by atoms with Crippen LogP contribution in [0.25, 0.3) is 22.0 Å². The molecule has 6 nitrogen and oxygen atoms in total. The number of aromatic nitrogens is 2. The average molecular weight is 458 g/mol. The Morgan fingerprint density at radius 3 is 2.33 bits per heavy atom. The van der Waals surface area contributed by atoms with E-state index in [2.05, 4.69) is 15.5 Å². The normalized spacial score (nSPS) is 16.8. The van der Waals surface area contributed by atoms with E-state index in [1.807, 2.05) is 45.0 Å². The van der Waals surface area contributed by atoms with Gasteiger partial charge in [0.15, 0.2) is 5.82 Å². The van der Waals surface area contributed by atoms with Crippen LogP contribution in [0.2, 0.25) is 0 Å². The molecular weight excluding hydrogens is 433 g/mol. The second-order valence-corrected chi connectivity index (χ2v) is 9.07. The fourth-order valence-electron chi connectivity index (χ4n) is 3.80. The summed E-state index contributed by atoms with van der Waals surface area (Å²) < 4.78 is 44.2. The van der Waals surface area contributed by atoms with E-state index in [0.29, 0.717) is 30.2 Å². The third-order valence-corrected chi connectivity index (χ3v) is 5.35. The van der Waals surface area contributed by atoms with E-state index in [4.69, 9.17) is 4.74 Å². The number of fused-ring (bicyclic) bond motifs is 1. The molecule has 1 atom stereocenters. The number of nitrogens with one attached hydrogen (secondary N) is 1. The number of hydrogen-bond donors (Lipinski definition) is 1. The molecule has 2 aromatic carbocycles. The molecule has 4 rings (SSSR count). The summed E-state index contributed by atoms with van der Waals surface area (Å²) in [5, 5.41) is 13.6. The molecule has 1 amide bonds. The number of carbonyl (C=O) groups is 1. The summed E-state index contributed by atoms with van der Waals surface area (Å²) in [7, 11) is 0. The summed E-state index contributed by atoms with van der Waals surface area (Å²) in [5.74, 6) is 0.567. The zero-order valence-electron chi connectivity index (χ0n) is 18.6. The summed E-state index contributed by atoms with van der Waals surface area (Å²) in [5.41, 5.74) is -0.210. The van der Waals surface area contributed by atoms with Gasteiger partial charge in [-0.05, 0) is 39.3 Å². The van der Waals surface area contributed by atoms with Crippen LogP contribution < -0.4 is 5.32 Å². The molecule has 1 fully saturated rings. The van der Waals surface area contributed by atoms with Crippen molar-refractivity contribution in [2.45, 2.75) is 45.0 Å². The van der Waals surface area contributed by atoms with Crippen molar-refractivity contribution in [3.05, 3.63) is 54.1 Å². The van der Waals surface area contributed by atoms with Crippen LogP contribution in [-0.4, -0.2) is 45.9 Å². The standard InChI is InChI=1S/C24H25F3N4O2/c1-23(2,3)33-22(32)31-13-12-17(14-31)28-21-19-7-5-4-6-18(19)20(29-30-21)15-8-10-16(11-9-15)24(25,26)27/h4-11,17H,12-14H2,1-3H3,(H,28,30)/t17-/m1/s1. The van der Waals surface area contributed by atoms with Crippen molar-refractivity contribution in [3.63, 3.8) is 0 Å². The summed E-state index contributed by atoms with van der Waals surface area (Å²) in [4.78, 5) is 14.0. The number of benzene rings is 2. The Morgan fingerprint density at radius 1 is 1.03 bits per heavy atom. The van der Waals surface area contributed by atoms with Gasteiger partial charge in [-0.15, -0.1) is 10.2 Å². The molecule has 0 spiro atoms. The van der Waals surface area contributed by atoms with E-state index in [0.717, 1.165) is 29.3 Å². The average Bonchev–Trinajstić information content (AvgIpc) is 3.21. The van der Waals surface area contributed by atoms with Crippen molar-refractivity contribution in [2.75, 3.05) is 18.4 Å². The van der Waals surface area contributed by atoms with Gasteiger partial charge in [0.05, 0.1) is 5.56 Å². The van der Waals surface area contributed by atoms with Crippen molar-refractivity contribution in [1.29, 1.82) is 0 Å². The van der Waals surface area contributed by atoms with Crippen LogP contribution >= 0.6 is 0 Å². The Labute approximate surface area is 189 Å². The Morgan fingerprint density at radius 2 is 1.70 bits per heavy atom. The molecule has 9 heteroatoms. The van der Waals surface area contributed by atoms with E-state index in [1.165, 1.54) is 12.1 Å². The highest BCUT2D eigenvalue weighted by molar-refractivity contribution is 6.00. The molecule has 1 aliphatic rings. The zero-order chi connectivity index (χ0) is 23.8. The minimum Gasteiger partial charge on any atom is -0.444 e. The fourth-order valence-corrected chi connectivity index (χ4v) is 3.80. The van der Waals surface area contributed by atoms with Gasteiger partial charge in [0.1, 0.15) is 11.3 Å². The van der Waals surface area contributed by atoms with Crippen molar-refractivity contribution < 1.29 is 22.7 Å². The molecule has 1 aromatic heterocycles. The van der Waals surface area contributed by atoms with Crippen LogP contribution in [0.4, 0.5) is 23.8 Å². The zero-order valence-corrected chi connectivity index (χ0v) is 18.6. The van der Waals surface area contributed by atoms with Gasteiger partial charge in [-0.1, -0.05) is 36.4 Å². The molecule has 0 unspecified atom stereocenters. The maximum Gasteiger partial charge on any atom is 0.416 e. The molecular formula is C24H25F3N4O2.